The van der Waals surface area contributed by atoms with E-state index >= 15 is 0 Å². The molecule has 7 heteroatoms. The molecule has 2 N–H and O–H groups in total. The molecule has 158 valence electrons. The summed E-state index contributed by atoms with van der Waals surface area (Å²) in [6.07, 6.45) is -0.259. The van der Waals surface area contributed by atoms with Gasteiger partial charge in [0.2, 0.25) is 5.91 Å². The van der Waals surface area contributed by atoms with Gasteiger partial charge in [-0.25, -0.2) is 9.59 Å². The quantitative estimate of drug-likeness (QED) is 0.731. The molecular formula is C22H30N2O5. The predicted octanol–water partition coefficient (Wildman–Crippen LogP) is 2.90. The minimum absolute atomic E-state index is 0.0336. The topological polar surface area (TPSA) is 95.9 Å². The average molecular weight is 402 g/mol. The van der Waals surface area contributed by atoms with Crippen LogP contribution in [0.1, 0.15) is 39.7 Å². The van der Waals surface area contributed by atoms with E-state index in [0.29, 0.717) is 13.0 Å². The number of aliphatic carboxylic acids is 1. The molecule has 29 heavy (non-hydrogen) atoms. The Hall–Kier alpha value is -2.57. The summed E-state index contributed by atoms with van der Waals surface area (Å²) in [5, 5.41) is 12.4. The molecule has 0 bridgehead atoms. The van der Waals surface area contributed by atoms with Gasteiger partial charge in [-0.05, 0) is 29.2 Å². The standard InChI is InChI=1S/C22H30N2O5/c1-13(2)10-16(23-21(28)29-12-14-8-6-5-7-9-14)19(25)24-11-15-17(22(15,3)4)18(24)20(26)27/h5-9,13,15-18H,10-12H2,1-4H3,(H,23,28)(H,26,27)/t15-,16?,17-,18-/m0/s1. The predicted molar refractivity (Wildman–Crippen MR) is 107 cm³/mol. The third kappa shape index (κ3) is 4.38. The van der Waals surface area contributed by atoms with E-state index in [1.807, 2.05) is 58.0 Å². The van der Waals surface area contributed by atoms with Crippen LogP contribution < -0.4 is 5.32 Å². The van der Waals surface area contributed by atoms with Gasteiger partial charge in [0, 0.05) is 12.5 Å². The summed E-state index contributed by atoms with van der Waals surface area (Å²) in [5.41, 5.74) is 0.789. The van der Waals surface area contributed by atoms with Gasteiger partial charge >= 0.3 is 12.1 Å². The first-order valence-electron chi connectivity index (χ1n) is 10.1. The Bertz CT molecular complexity index is 777. The van der Waals surface area contributed by atoms with Crippen LogP contribution in [-0.2, 0) is 20.9 Å². The molecule has 1 aromatic rings. The van der Waals surface area contributed by atoms with Crippen LogP contribution >= 0.6 is 0 Å². The van der Waals surface area contributed by atoms with Crippen molar-refractivity contribution in [3.8, 4) is 0 Å². The Labute approximate surface area is 171 Å². The third-order valence-electron chi connectivity index (χ3n) is 6.25. The number of hydrogen-bond donors (Lipinski definition) is 2. The van der Waals surface area contributed by atoms with Gasteiger partial charge in [0.15, 0.2) is 0 Å². The zero-order valence-corrected chi connectivity index (χ0v) is 17.4. The normalized spacial score (nSPS) is 25.3. The first kappa shape index (κ1) is 21.1. The maximum atomic E-state index is 13.2. The van der Waals surface area contributed by atoms with Crippen LogP contribution in [0.3, 0.4) is 0 Å². The summed E-state index contributed by atoms with van der Waals surface area (Å²) >= 11 is 0. The number of amides is 2. The lowest BCUT2D eigenvalue weighted by molar-refractivity contribution is -0.151. The Morgan fingerprint density at radius 3 is 2.48 bits per heavy atom. The van der Waals surface area contributed by atoms with Gasteiger partial charge in [-0.3, -0.25) is 4.79 Å². The molecule has 1 saturated heterocycles. The number of ether oxygens (including phenoxy) is 1. The lowest BCUT2D eigenvalue weighted by atomic mass is 9.98. The zero-order valence-electron chi connectivity index (χ0n) is 17.4. The first-order chi connectivity index (χ1) is 13.6. The molecule has 1 aliphatic carbocycles. The van der Waals surface area contributed by atoms with E-state index in [-0.39, 0.29) is 35.7 Å². The molecule has 4 atom stereocenters. The second kappa shape index (κ2) is 8.05. The Morgan fingerprint density at radius 2 is 1.90 bits per heavy atom. The van der Waals surface area contributed by atoms with E-state index in [4.69, 9.17) is 4.74 Å². The van der Waals surface area contributed by atoms with Crippen molar-refractivity contribution < 1.29 is 24.2 Å². The van der Waals surface area contributed by atoms with Gasteiger partial charge < -0.3 is 20.1 Å². The first-order valence-corrected chi connectivity index (χ1v) is 10.1. The van der Waals surface area contributed by atoms with Gasteiger partial charge in [0.05, 0.1) is 0 Å². The number of nitrogens with one attached hydrogen (secondary N) is 1. The fraction of sp³-hybridized carbons (Fsp3) is 0.591. The van der Waals surface area contributed by atoms with Crippen LogP contribution in [0.4, 0.5) is 4.79 Å². The molecule has 0 aromatic heterocycles. The van der Waals surface area contributed by atoms with Gasteiger partial charge in [-0.15, -0.1) is 0 Å². The van der Waals surface area contributed by atoms with Gasteiger partial charge in [0.25, 0.3) is 0 Å². The number of carbonyl (C=O) groups excluding carboxylic acids is 2. The summed E-state index contributed by atoms with van der Waals surface area (Å²) < 4.78 is 5.25. The maximum Gasteiger partial charge on any atom is 0.408 e. The second-order valence-corrected chi connectivity index (χ2v) is 9.12. The van der Waals surface area contributed by atoms with E-state index in [9.17, 15) is 19.5 Å². The number of nitrogens with zero attached hydrogens (tertiary/aromatic N) is 1. The highest BCUT2D eigenvalue weighted by molar-refractivity contribution is 5.90. The fourth-order valence-corrected chi connectivity index (χ4v) is 4.60. The van der Waals surface area contributed by atoms with Gasteiger partial charge in [-0.1, -0.05) is 58.0 Å². The molecule has 2 aliphatic rings. The number of benzene rings is 1. The summed E-state index contributed by atoms with van der Waals surface area (Å²) in [4.78, 5) is 38.8. The summed E-state index contributed by atoms with van der Waals surface area (Å²) in [7, 11) is 0. The molecule has 1 aliphatic heterocycles. The lowest BCUT2D eigenvalue weighted by Crippen LogP contribution is -2.54. The molecule has 3 rings (SSSR count). The maximum absolute atomic E-state index is 13.2. The minimum atomic E-state index is -0.980. The van der Waals surface area contributed by atoms with Crippen LogP contribution in [0.5, 0.6) is 0 Å². The molecule has 0 radical (unpaired) electrons. The third-order valence-corrected chi connectivity index (χ3v) is 6.25. The number of alkyl carbamates (subject to hydrolysis) is 1. The van der Waals surface area contributed by atoms with Crippen molar-refractivity contribution in [3.63, 3.8) is 0 Å². The Morgan fingerprint density at radius 1 is 1.24 bits per heavy atom. The highest BCUT2D eigenvalue weighted by atomic mass is 16.5. The van der Waals surface area contributed by atoms with Crippen molar-refractivity contribution in [2.24, 2.45) is 23.2 Å². The van der Waals surface area contributed by atoms with E-state index in [1.165, 1.54) is 4.90 Å². The van der Waals surface area contributed by atoms with Crippen molar-refractivity contribution in [3.05, 3.63) is 35.9 Å². The van der Waals surface area contributed by atoms with Crippen molar-refractivity contribution in [1.82, 2.24) is 10.2 Å². The molecule has 2 amide bonds. The van der Waals surface area contributed by atoms with Crippen molar-refractivity contribution in [2.45, 2.75) is 52.8 Å². The molecule has 1 heterocycles. The summed E-state index contributed by atoms with van der Waals surface area (Å²) in [6.45, 7) is 8.53. The van der Waals surface area contributed by atoms with Crippen molar-refractivity contribution in [2.75, 3.05) is 6.54 Å². The fourth-order valence-electron chi connectivity index (χ4n) is 4.60. The molecule has 1 aromatic carbocycles. The van der Waals surface area contributed by atoms with Gasteiger partial charge in [-0.2, -0.15) is 0 Å². The van der Waals surface area contributed by atoms with Gasteiger partial charge in [0.1, 0.15) is 18.7 Å². The SMILES string of the molecule is CC(C)CC(NC(=O)OCc1ccccc1)C(=O)N1C[C@H]2[C@@H]([C@H]1C(=O)O)C2(C)C. The number of carboxylic acids is 1. The molecule has 1 saturated carbocycles. The average Bonchev–Trinajstić information content (AvgIpc) is 3.02. The number of rotatable bonds is 7. The van der Waals surface area contributed by atoms with Crippen molar-refractivity contribution in [1.29, 1.82) is 0 Å². The lowest BCUT2D eigenvalue weighted by Gasteiger charge is -2.32. The molecular weight excluding hydrogens is 372 g/mol. The van der Waals surface area contributed by atoms with E-state index in [0.717, 1.165) is 5.56 Å². The Kier molecular flexibility index (Phi) is 5.87. The van der Waals surface area contributed by atoms with E-state index in [2.05, 4.69) is 5.32 Å². The highest BCUT2D eigenvalue weighted by Crippen LogP contribution is 2.64. The van der Waals surface area contributed by atoms with Crippen LogP contribution in [0.25, 0.3) is 0 Å². The summed E-state index contributed by atoms with van der Waals surface area (Å²) in [6, 6.07) is 7.64. The number of hydrogen-bond acceptors (Lipinski definition) is 4. The number of carbonyl (C=O) groups is 3. The molecule has 0 spiro atoms. The molecule has 1 unspecified atom stereocenters. The number of fused-ring (bicyclic) bond motifs is 1. The van der Waals surface area contributed by atoms with Crippen LogP contribution in [0.15, 0.2) is 30.3 Å². The summed E-state index contributed by atoms with van der Waals surface area (Å²) in [5.74, 6) is -1.02. The molecule has 2 fully saturated rings. The van der Waals surface area contributed by atoms with Crippen LogP contribution in [0.2, 0.25) is 0 Å². The number of piperidine rings is 1. The Balaban J connectivity index is 1.65. The second-order valence-electron chi connectivity index (χ2n) is 9.12. The van der Waals surface area contributed by atoms with E-state index in [1.54, 1.807) is 0 Å². The monoisotopic (exact) mass is 402 g/mol. The van der Waals surface area contributed by atoms with Crippen molar-refractivity contribution >= 4 is 18.0 Å². The van der Waals surface area contributed by atoms with E-state index < -0.39 is 24.1 Å². The number of likely N-dealkylation sites (tertiary alicyclic amines) is 1. The zero-order chi connectivity index (χ0) is 21.3. The highest BCUT2D eigenvalue weighted by Gasteiger charge is 2.69. The largest absolute Gasteiger partial charge is 0.480 e. The minimum Gasteiger partial charge on any atom is -0.480 e. The van der Waals surface area contributed by atoms with Crippen LogP contribution in [-0.4, -0.2) is 46.6 Å². The smallest absolute Gasteiger partial charge is 0.408 e. The molecule has 7 nitrogen and oxygen atoms in total. The number of carboxylic acid groups (broad SMARTS) is 1. The van der Waals surface area contributed by atoms with Crippen LogP contribution in [0, 0.1) is 23.2 Å².